The smallest absolute Gasteiger partial charge is 0.221 e. The van der Waals surface area contributed by atoms with Crippen LogP contribution in [0.2, 0.25) is 0 Å². The predicted molar refractivity (Wildman–Crippen MR) is 128 cm³/mol. The van der Waals surface area contributed by atoms with E-state index >= 15 is 0 Å². The van der Waals surface area contributed by atoms with Gasteiger partial charge in [0.25, 0.3) is 0 Å². The number of hydrogen-bond donors (Lipinski definition) is 1. The van der Waals surface area contributed by atoms with Gasteiger partial charge in [0, 0.05) is 24.9 Å². The fourth-order valence-corrected chi connectivity index (χ4v) is 7.52. The minimum Gasteiger partial charge on any atom is -0.474 e. The largest absolute Gasteiger partial charge is 0.474 e. The van der Waals surface area contributed by atoms with Crippen LogP contribution in [0.5, 0.6) is 5.88 Å². The van der Waals surface area contributed by atoms with E-state index in [1.165, 1.54) is 12.7 Å². The number of piperidine rings is 1. The highest BCUT2D eigenvalue weighted by atomic mass is 32.2. The summed E-state index contributed by atoms with van der Waals surface area (Å²) >= 11 is 0. The van der Waals surface area contributed by atoms with E-state index in [0.717, 1.165) is 42.6 Å². The summed E-state index contributed by atoms with van der Waals surface area (Å²) in [4.78, 5) is 17.3. The van der Waals surface area contributed by atoms with Crippen molar-refractivity contribution in [3.63, 3.8) is 0 Å². The van der Waals surface area contributed by atoms with Gasteiger partial charge < -0.3 is 10.1 Å². The van der Waals surface area contributed by atoms with Crippen molar-refractivity contribution in [1.82, 2.24) is 34.0 Å². The highest BCUT2D eigenvalue weighted by molar-refractivity contribution is 7.90. The molecule has 0 aromatic carbocycles. The van der Waals surface area contributed by atoms with E-state index in [1.54, 1.807) is 11.0 Å². The van der Waals surface area contributed by atoms with Crippen molar-refractivity contribution < 1.29 is 13.2 Å². The minimum atomic E-state index is -3.16. The molecule has 1 N–H and O–H groups in total. The van der Waals surface area contributed by atoms with Crippen LogP contribution in [0.4, 0.5) is 11.5 Å². The topological polar surface area (TPSA) is 128 Å². The molecule has 2 bridgehead atoms. The van der Waals surface area contributed by atoms with Gasteiger partial charge in [-0.25, -0.2) is 33.0 Å². The summed E-state index contributed by atoms with van der Waals surface area (Å²) in [7, 11) is -3.16. The van der Waals surface area contributed by atoms with Crippen LogP contribution in [0.1, 0.15) is 49.8 Å². The molecule has 5 heterocycles. The maximum absolute atomic E-state index is 12.9. The van der Waals surface area contributed by atoms with Crippen LogP contribution in [0.25, 0.3) is 5.82 Å². The summed E-state index contributed by atoms with van der Waals surface area (Å²) < 4.78 is 35.6. The van der Waals surface area contributed by atoms with Gasteiger partial charge in [-0.15, -0.1) is 0 Å². The van der Waals surface area contributed by atoms with Gasteiger partial charge in [-0.2, -0.15) is 9.40 Å². The van der Waals surface area contributed by atoms with Crippen molar-refractivity contribution in [3.05, 3.63) is 42.4 Å². The van der Waals surface area contributed by atoms with E-state index in [2.05, 4.69) is 30.4 Å². The molecule has 1 aliphatic carbocycles. The van der Waals surface area contributed by atoms with Crippen LogP contribution in [-0.2, 0) is 10.0 Å². The number of fused-ring (bicyclic) bond motifs is 2. The van der Waals surface area contributed by atoms with Crippen LogP contribution in [0.3, 0.4) is 0 Å². The summed E-state index contributed by atoms with van der Waals surface area (Å²) in [5.74, 6) is 1.85. The zero-order valence-electron chi connectivity index (χ0n) is 19.7. The van der Waals surface area contributed by atoms with Gasteiger partial charge in [-0.05, 0) is 51.7 Å². The molecular weight excluding hydrogens is 468 g/mol. The Morgan fingerprint density at radius 3 is 2.46 bits per heavy atom. The van der Waals surface area contributed by atoms with Gasteiger partial charge in [-0.1, -0.05) is 0 Å². The normalized spacial score (nSPS) is 24.5. The Morgan fingerprint density at radius 2 is 1.80 bits per heavy atom. The van der Waals surface area contributed by atoms with Crippen LogP contribution in [0, 0.1) is 13.8 Å². The van der Waals surface area contributed by atoms with Crippen molar-refractivity contribution in [2.45, 2.75) is 75.8 Å². The molecule has 1 saturated carbocycles. The molecule has 6 rings (SSSR count). The lowest BCUT2D eigenvalue weighted by molar-refractivity contribution is 0.0910. The quantitative estimate of drug-likeness (QED) is 0.525. The van der Waals surface area contributed by atoms with Crippen molar-refractivity contribution in [2.75, 3.05) is 5.32 Å². The second kappa shape index (κ2) is 8.52. The zero-order valence-corrected chi connectivity index (χ0v) is 20.5. The van der Waals surface area contributed by atoms with Crippen LogP contribution in [-0.4, -0.2) is 65.9 Å². The number of hydrogen-bond acceptors (Lipinski definition) is 9. The van der Waals surface area contributed by atoms with E-state index in [-0.39, 0.29) is 23.4 Å². The number of rotatable bonds is 7. The van der Waals surface area contributed by atoms with E-state index in [0.29, 0.717) is 30.4 Å². The molecule has 3 aromatic rings. The highest BCUT2D eigenvalue weighted by Crippen LogP contribution is 2.43. The summed E-state index contributed by atoms with van der Waals surface area (Å²) in [5.41, 5.74) is 2.41. The summed E-state index contributed by atoms with van der Waals surface area (Å²) in [6.07, 6.45) is 9.29. The molecule has 184 valence electrons. The summed E-state index contributed by atoms with van der Waals surface area (Å²) in [5, 5.41) is 7.29. The van der Waals surface area contributed by atoms with Gasteiger partial charge in [-0.3, -0.25) is 0 Å². The Morgan fingerprint density at radius 1 is 1.03 bits per heavy atom. The van der Waals surface area contributed by atoms with Gasteiger partial charge in [0.2, 0.25) is 15.9 Å². The Bertz CT molecular complexity index is 1330. The Kier molecular flexibility index (Phi) is 5.44. The summed E-state index contributed by atoms with van der Waals surface area (Å²) in [6, 6.07) is 3.84. The number of aromatic nitrogens is 6. The number of ether oxygens (including phenoxy) is 1. The number of nitrogens with one attached hydrogen (secondary N) is 1. The van der Waals surface area contributed by atoms with Crippen molar-refractivity contribution in [3.8, 4) is 11.7 Å². The lowest BCUT2D eigenvalue weighted by Gasteiger charge is -2.37. The van der Waals surface area contributed by atoms with E-state index in [1.807, 2.05) is 30.3 Å². The highest BCUT2D eigenvalue weighted by Gasteiger charge is 2.52. The monoisotopic (exact) mass is 496 g/mol. The van der Waals surface area contributed by atoms with E-state index < -0.39 is 10.0 Å². The average Bonchev–Trinajstić information content (AvgIpc) is 3.49. The SMILES string of the molecule is Cc1nc(-n2cncn2)ccc1Nc1ncnc(OC2CC3CCC(C2)N3S(=O)(=O)C2CC2)c1C. The van der Waals surface area contributed by atoms with Crippen LogP contribution < -0.4 is 10.1 Å². The number of pyridine rings is 1. The molecule has 3 aliphatic rings. The lowest BCUT2D eigenvalue weighted by atomic mass is 10.0. The standard InChI is InChI=1S/C23H28N8O3S/c1-14-22(29-20-7-8-21(28-15(20)2)30-13-24-11-27-30)25-12-26-23(14)34-18-9-16-3-4-17(10-18)31(16)35(32,33)19-5-6-19/h7-8,11-13,16-19H,3-6,9-10H2,1-2H3,(H,25,26,29). The molecule has 2 unspecified atom stereocenters. The van der Waals surface area contributed by atoms with E-state index in [9.17, 15) is 8.42 Å². The van der Waals surface area contributed by atoms with Crippen LogP contribution >= 0.6 is 0 Å². The molecule has 0 radical (unpaired) electrons. The third-order valence-electron chi connectivity index (χ3n) is 7.16. The second-order valence-corrected chi connectivity index (χ2v) is 11.7. The van der Waals surface area contributed by atoms with Gasteiger partial charge in [0.15, 0.2) is 5.82 Å². The molecule has 0 amide bonds. The molecule has 2 atom stereocenters. The molecule has 0 spiro atoms. The first-order valence-electron chi connectivity index (χ1n) is 12.0. The molecular formula is C23H28N8O3S. The first kappa shape index (κ1) is 22.4. The van der Waals surface area contributed by atoms with Gasteiger partial charge >= 0.3 is 0 Å². The van der Waals surface area contributed by atoms with E-state index in [4.69, 9.17) is 4.74 Å². The maximum Gasteiger partial charge on any atom is 0.221 e. The molecule has 3 aromatic heterocycles. The van der Waals surface area contributed by atoms with Crippen molar-refractivity contribution in [2.24, 2.45) is 0 Å². The first-order valence-corrected chi connectivity index (χ1v) is 13.5. The predicted octanol–water partition coefficient (Wildman–Crippen LogP) is 2.68. The Labute approximate surface area is 204 Å². The Hall–Kier alpha value is -3.12. The number of nitrogens with zero attached hydrogens (tertiary/aromatic N) is 7. The van der Waals surface area contributed by atoms with Crippen molar-refractivity contribution >= 4 is 21.5 Å². The summed E-state index contributed by atoms with van der Waals surface area (Å²) in [6.45, 7) is 3.83. The maximum atomic E-state index is 12.9. The first-order chi connectivity index (χ1) is 16.9. The number of anilines is 2. The van der Waals surface area contributed by atoms with Gasteiger partial charge in [0.1, 0.15) is 30.9 Å². The Balaban J connectivity index is 1.16. The number of aryl methyl sites for hydroxylation is 1. The fraction of sp³-hybridized carbons (Fsp3) is 0.522. The third kappa shape index (κ3) is 4.14. The average molecular weight is 497 g/mol. The number of sulfonamides is 1. The lowest BCUT2D eigenvalue weighted by Crippen LogP contribution is -2.50. The molecule has 3 fully saturated rings. The third-order valence-corrected chi connectivity index (χ3v) is 9.65. The molecule has 35 heavy (non-hydrogen) atoms. The molecule has 12 heteroatoms. The zero-order chi connectivity index (χ0) is 24.2. The molecule has 2 saturated heterocycles. The minimum absolute atomic E-state index is 0.0290. The fourth-order valence-electron chi connectivity index (χ4n) is 5.23. The molecule has 11 nitrogen and oxygen atoms in total. The van der Waals surface area contributed by atoms with Crippen LogP contribution in [0.15, 0.2) is 31.1 Å². The van der Waals surface area contributed by atoms with Gasteiger partial charge in [0.05, 0.1) is 22.2 Å². The molecule has 2 aliphatic heterocycles. The second-order valence-electron chi connectivity index (χ2n) is 9.59. The van der Waals surface area contributed by atoms with Crippen molar-refractivity contribution in [1.29, 1.82) is 0 Å².